The molecule has 0 saturated heterocycles. The first-order chi connectivity index (χ1) is 9.27. The van der Waals surface area contributed by atoms with E-state index >= 15 is 0 Å². The molecule has 2 rings (SSSR count). The highest BCUT2D eigenvalue weighted by Crippen LogP contribution is 2.19. The predicted molar refractivity (Wildman–Crippen MR) is 84.5 cm³/mol. The van der Waals surface area contributed by atoms with Gasteiger partial charge in [-0.25, -0.2) is 0 Å². The Morgan fingerprint density at radius 3 is 2.63 bits per heavy atom. The minimum absolute atomic E-state index is 0.575. The van der Waals surface area contributed by atoms with E-state index in [1.807, 2.05) is 0 Å². The minimum atomic E-state index is 0.575. The fourth-order valence-corrected chi connectivity index (χ4v) is 2.25. The van der Waals surface area contributed by atoms with Crippen molar-refractivity contribution in [1.29, 1.82) is 0 Å². The van der Waals surface area contributed by atoms with Crippen molar-refractivity contribution in [3.8, 4) is 0 Å². The quantitative estimate of drug-likeness (QED) is 0.597. The number of benzene rings is 2. The fraction of sp³-hybridized carbons (Fsp3) is 0.333. The molecule has 0 unspecified atom stereocenters. The van der Waals surface area contributed by atoms with Gasteiger partial charge in [0.2, 0.25) is 0 Å². The average molecular weight is 253 g/mol. The number of hydrogen-bond acceptors (Lipinski definition) is 1. The van der Waals surface area contributed by atoms with Gasteiger partial charge in [0.15, 0.2) is 0 Å². The lowest BCUT2D eigenvalue weighted by molar-refractivity contribution is 0.594. The van der Waals surface area contributed by atoms with E-state index in [4.69, 9.17) is 0 Å². The Kier molecular flexibility index (Phi) is 5.17. The lowest BCUT2D eigenvalue weighted by atomic mass is 10.0. The van der Waals surface area contributed by atoms with Crippen LogP contribution < -0.4 is 5.32 Å². The van der Waals surface area contributed by atoms with Crippen molar-refractivity contribution in [2.75, 3.05) is 6.54 Å². The number of allylic oxidation sites excluding steroid dienone is 1. The number of hydrogen-bond donors (Lipinski definition) is 1. The van der Waals surface area contributed by atoms with E-state index in [9.17, 15) is 0 Å². The Morgan fingerprint density at radius 2 is 1.79 bits per heavy atom. The van der Waals surface area contributed by atoms with E-state index < -0.39 is 0 Å². The third-order valence-corrected chi connectivity index (χ3v) is 3.25. The van der Waals surface area contributed by atoms with Gasteiger partial charge in [-0.3, -0.25) is 0 Å². The zero-order valence-corrected chi connectivity index (χ0v) is 11.9. The third-order valence-electron chi connectivity index (χ3n) is 3.25. The summed E-state index contributed by atoms with van der Waals surface area (Å²) in [6.07, 6.45) is 6.67. The van der Waals surface area contributed by atoms with Crippen LogP contribution in [0.5, 0.6) is 0 Å². The Labute approximate surface area is 116 Å². The Morgan fingerprint density at radius 1 is 1.00 bits per heavy atom. The largest absolute Gasteiger partial charge is 0.314 e. The summed E-state index contributed by atoms with van der Waals surface area (Å²) in [5.74, 6) is 0. The van der Waals surface area contributed by atoms with Crippen LogP contribution in [0.3, 0.4) is 0 Å². The molecule has 1 heteroatoms. The van der Waals surface area contributed by atoms with Crippen LogP contribution in [0.1, 0.15) is 25.8 Å². The van der Waals surface area contributed by atoms with Gasteiger partial charge < -0.3 is 5.32 Å². The molecule has 0 saturated carbocycles. The summed E-state index contributed by atoms with van der Waals surface area (Å²) >= 11 is 0. The van der Waals surface area contributed by atoms with E-state index in [0.717, 1.165) is 19.4 Å². The Balaban J connectivity index is 1.93. The zero-order valence-electron chi connectivity index (χ0n) is 11.9. The van der Waals surface area contributed by atoms with Gasteiger partial charge >= 0.3 is 0 Å². The second-order valence-electron chi connectivity index (χ2n) is 5.21. The van der Waals surface area contributed by atoms with E-state index in [1.165, 1.54) is 16.3 Å². The van der Waals surface area contributed by atoms with E-state index in [-0.39, 0.29) is 0 Å². The van der Waals surface area contributed by atoms with Crippen LogP contribution in [0.4, 0.5) is 0 Å². The van der Waals surface area contributed by atoms with Gasteiger partial charge in [-0.15, -0.1) is 0 Å². The molecule has 0 aliphatic carbocycles. The molecular formula is C18H23N. The van der Waals surface area contributed by atoms with Crippen molar-refractivity contribution in [2.45, 2.75) is 32.7 Å². The van der Waals surface area contributed by atoms with Crippen molar-refractivity contribution in [2.24, 2.45) is 0 Å². The van der Waals surface area contributed by atoms with Crippen LogP contribution in [0.25, 0.3) is 10.8 Å². The van der Waals surface area contributed by atoms with E-state index in [0.29, 0.717) is 6.04 Å². The smallest absolute Gasteiger partial charge is 0.00105 e. The van der Waals surface area contributed by atoms with Gasteiger partial charge in [-0.1, -0.05) is 68.5 Å². The lowest BCUT2D eigenvalue weighted by Gasteiger charge is -2.05. The van der Waals surface area contributed by atoms with Crippen molar-refractivity contribution >= 4 is 10.8 Å². The van der Waals surface area contributed by atoms with Crippen molar-refractivity contribution in [3.63, 3.8) is 0 Å². The van der Waals surface area contributed by atoms with Crippen LogP contribution in [0.15, 0.2) is 54.6 Å². The average Bonchev–Trinajstić information content (AvgIpc) is 2.42. The molecule has 0 aromatic heterocycles. The van der Waals surface area contributed by atoms with Crippen LogP contribution >= 0.6 is 0 Å². The minimum Gasteiger partial charge on any atom is -0.314 e. The first-order valence-corrected chi connectivity index (χ1v) is 7.12. The molecule has 1 N–H and O–H groups in total. The van der Waals surface area contributed by atoms with Gasteiger partial charge in [0.1, 0.15) is 0 Å². The molecule has 0 spiro atoms. The predicted octanol–water partition coefficient (Wildman–Crippen LogP) is 4.33. The maximum atomic E-state index is 3.42. The first-order valence-electron chi connectivity index (χ1n) is 7.12. The molecule has 0 amide bonds. The molecule has 0 aliphatic rings. The number of rotatable bonds is 6. The van der Waals surface area contributed by atoms with Gasteiger partial charge in [-0.05, 0) is 35.7 Å². The Bertz CT molecular complexity index is 535. The molecule has 0 radical (unpaired) electrons. The monoisotopic (exact) mass is 253 g/mol. The molecule has 100 valence electrons. The van der Waals surface area contributed by atoms with Crippen molar-refractivity contribution in [1.82, 2.24) is 5.32 Å². The van der Waals surface area contributed by atoms with E-state index in [1.54, 1.807) is 0 Å². The van der Waals surface area contributed by atoms with Crippen LogP contribution in [0.2, 0.25) is 0 Å². The summed E-state index contributed by atoms with van der Waals surface area (Å²) in [5, 5.41) is 6.12. The van der Waals surface area contributed by atoms with Crippen molar-refractivity contribution < 1.29 is 0 Å². The molecule has 0 heterocycles. The lowest BCUT2D eigenvalue weighted by Crippen LogP contribution is -2.23. The summed E-state index contributed by atoms with van der Waals surface area (Å²) in [4.78, 5) is 0. The highest BCUT2D eigenvalue weighted by Gasteiger charge is 1.97. The first kappa shape index (κ1) is 13.8. The summed E-state index contributed by atoms with van der Waals surface area (Å²) in [6.45, 7) is 5.42. The molecule has 2 aromatic rings. The van der Waals surface area contributed by atoms with Crippen LogP contribution in [0, 0.1) is 0 Å². The van der Waals surface area contributed by atoms with Gasteiger partial charge in [0.25, 0.3) is 0 Å². The SMILES string of the molecule is CC(C)NCCC=CCc1cccc2ccccc12. The molecule has 0 atom stereocenters. The van der Waals surface area contributed by atoms with E-state index in [2.05, 4.69) is 73.8 Å². The highest BCUT2D eigenvalue weighted by atomic mass is 14.9. The standard InChI is InChI=1S/C18H23N/c1-15(2)19-14-7-3-4-9-16-11-8-12-17-10-5-6-13-18(16)17/h3-6,8,10-13,15,19H,7,9,14H2,1-2H3. The molecule has 0 bridgehead atoms. The summed E-state index contributed by atoms with van der Waals surface area (Å²) < 4.78 is 0. The van der Waals surface area contributed by atoms with Gasteiger partial charge in [-0.2, -0.15) is 0 Å². The Hall–Kier alpha value is -1.60. The van der Waals surface area contributed by atoms with Crippen LogP contribution in [-0.4, -0.2) is 12.6 Å². The molecule has 2 aromatic carbocycles. The summed E-state index contributed by atoms with van der Waals surface area (Å²) in [5.41, 5.74) is 1.41. The highest BCUT2D eigenvalue weighted by molar-refractivity contribution is 5.85. The van der Waals surface area contributed by atoms with Crippen LogP contribution in [-0.2, 0) is 6.42 Å². The van der Waals surface area contributed by atoms with Gasteiger partial charge in [0, 0.05) is 6.04 Å². The third kappa shape index (κ3) is 4.22. The fourth-order valence-electron chi connectivity index (χ4n) is 2.25. The topological polar surface area (TPSA) is 12.0 Å². The number of nitrogens with one attached hydrogen (secondary N) is 1. The molecule has 19 heavy (non-hydrogen) atoms. The molecular weight excluding hydrogens is 230 g/mol. The molecule has 1 nitrogen and oxygen atoms in total. The van der Waals surface area contributed by atoms with Gasteiger partial charge in [0.05, 0.1) is 0 Å². The maximum Gasteiger partial charge on any atom is 0.00105 e. The second kappa shape index (κ2) is 7.10. The zero-order chi connectivity index (χ0) is 13.5. The maximum absolute atomic E-state index is 3.42. The summed E-state index contributed by atoms with van der Waals surface area (Å²) in [6, 6.07) is 15.7. The van der Waals surface area contributed by atoms with Crippen molar-refractivity contribution in [3.05, 3.63) is 60.2 Å². The normalized spacial score (nSPS) is 11.7. The molecule has 0 aliphatic heterocycles. The summed E-state index contributed by atoms with van der Waals surface area (Å²) in [7, 11) is 0. The second-order valence-corrected chi connectivity index (χ2v) is 5.21. The molecule has 0 fully saturated rings. The number of fused-ring (bicyclic) bond motifs is 1.